The zero-order valence-corrected chi connectivity index (χ0v) is 6.31. The van der Waals surface area contributed by atoms with E-state index in [1.54, 1.807) is 0 Å². The summed E-state index contributed by atoms with van der Waals surface area (Å²) in [6, 6.07) is 0. The summed E-state index contributed by atoms with van der Waals surface area (Å²) in [6.07, 6.45) is -4.50. The zero-order valence-electron chi connectivity index (χ0n) is 6.31. The highest BCUT2D eigenvalue weighted by Gasteiger charge is 2.39. The van der Waals surface area contributed by atoms with E-state index in [1.807, 2.05) is 0 Å². The minimum absolute atomic E-state index is 0.160. The van der Waals surface area contributed by atoms with Crippen LogP contribution in [-0.4, -0.2) is 9.78 Å². The molecule has 0 atom stereocenters. The molecule has 5 nitrogen and oxygen atoms in total. The molecule has 0 saturated heterocycles. The molecular formula is C5H6F3N5. The Morgan fingerprint density at radius 3 is 2.69 bits per heavy atom. The van der Waals surface area contributed by atoms with Crippen LogP contribution >= 0.6 is 0 Å². The Bertz CT molecular complexity index is 341. The van der Waals surface area contributed by atoms with Crippen molar-refractivity contribution in [2.75, 3.05) is 11.2 Å². The van der Waals surface area contributed by atoms with Crippen LogP contribution < -0.4 is 16.6 Å². The lowest BCUT2D eigenvalue weighted by Gasteiger charge is -2.03. The Morgan fingerprint density at radius 2 is 2.15 bits per heavy atom. The van der Waals surface area contributed by atoms with E-state index in [0.29, 0.717) is 0 Å². The lowest BCUT2D eigenvalue weighted by atomic mass is 10.3. The molecule has 0 aliphatic carbocycles. The van der Waals surface area contributed by atoms with E-state index in [0.717, 1.165) is 4.68 Å². The SMILES string of the molecule is Nc1c(C(F)(F)F)nn2c1NNC2. The molecule has 2 heterocycles. The van der Waals surface area contributed by atoms with Crippen molar-refractivity contribution in [3.8, 4) is 0 Å². The van der Waals surface area contributed by atoms with Gasteiger partial charge in [-0.1, -0.05) is 0 Å². The van der Waals surface area contributed by atoms with Crippen molar-refractivity contribution in [1.82, 2.24) is 15.2 Å². The molecule has 1 aromatic rings. The van der Waals surface area contributed by atoms with Crippen LogP contribution in [0.3, 0.4) is 0 Å². The molecule has 0 fully saturated rings. The van der Waals surface area contributed by atoms with Crippen LogP contribution in [0.25, 0.3) is 0 Å². The zero-order chi connectivity index (χ0) is 9.64. The highest BCUT2D eigenvalue weighted by molar-refractivity contribution is 5.66. The summed E-state index contributed by atoms with van der Waals surface area (Å²) >= 11 is 0. The van der Waals surface area contributed by atoms with Crippen molar-refractivity contribution in [2.24, 2.45) is 0 Å². The van der Waals surface area contributed by atoms with Crippen molar-refractivity contribution in [3.63, 3.8) is 0 Å². The number of nitrogens with two attached hydrogens (primary N) is 1. The third-order valence-corrected chi connectivity index (χ3v) is 1.69. The topological polar surface area (TPSA) is 67.9 Å². The summed E-state index contributed by atoms with van der Waals surface area (Å²) in [6.45, 7) is 0.176. The number of hydrogen-bond donors (Lipinski definition) is 3. The average Bonchev–Trinajstić information content (AvgIpc) is 2.51. The molecule has 2 rings (SSSR count). The van der Waals surface area contributed by atoms with Crippen molar-refractivity contribution < 1.29 is 13.2 Å². The van der Waals surface area contributed by atoms with Gasteiger partial charge in [-0.05, 0) is 0 Å². The summed E-state index contributed by atoms with van der Waals surface area (Å²) in [4.78, 5) is 0. The number of fused-ring (bicyclic) bond motifs is 1. The third-order valence-electron chi connectivity index (χ3n) is 1.69. The average molecular weight is 193 g/mol. The van der Waals surface area contributed by atoms with Crippen molar-refractivity contribution in [3.05, 3.63) is 5.69 Å². The number of anilines is 2. The normalized spacial score (nSPS) is 15.6. The maximum Gasteiger partial charge on any atom is 0.437 e. The number of nitrogens with zero attached hydrogens (tertiary/aromatic N) is 2. The molecule has 4 N–H and O–H groups in total. The molecule has 72 valence electrons. The lowest BCUT2D eigenvalue weighted by molar-refractivity contribution is -0.140. The van der Waals surface area contributed by atoms with Crippen LogP contribution in [0.5, 0.6) is 0 Å². The molecule has 0 radical (unpaired) electrons. The fourth-order valence-electron chi connectivity index (χ4n) is 1.13. The first kappa shape index (κ1) is 8.17. The Morgan fingerprint density at radius 1 is 1.46 bits per heavy atom. The number of hydrazine groups is 1. The van der Waals surface area contributed by atoms with Crippen LogP contribution in [0.15, 0.2) is 0 Å². The molecule has 1 aliphatic rings. The van der Waals surface area contributed by atoms with Gasteiger partial charge in [0.05, 0.1) is 0 Å². The van der Waals surface area contributed by atoms with Crippen molar-refractivity contribution in [1.29, 1.82) is 0 Å². The molecule has 0 amide bonds. The van der Waals surface area contributed by atoms with Gasteiger partial charge in [-0.25, -0.2) is 10.1 Å². The minimum atomic E-state index is -4.50. The van der Waals surface area contributed by atoms with E-state index in [9.17, 15) is 13.2 Å². The Balaban J connectivity index is 2.51. The molecule has 0 spiro atoms. The van der Waals surface area contributed by atoms with Gasteiger partial charge in [0.2, 0.25) is 0 Å². The van der Waals surface area contributed by atoms with Gasteiger partial charge < -0.3 is 11.2 Å². The molecule has 0 aromatic carbocycles. The molecule has 0 saturated carbocycles. The second kappa shape index (κ2) is 2.28. The molecule has 8 heteroatoms. The Kier molecular flexibility index (Phi) is 1.44. The maximum absolute atomic E-state index is 12.2. The minimum Gasteiger partial charge on any atom is -0.394 e. The highest BCUT2D eigenvalue weighted by atomic mass is 19.4. The van der Waals surface area contributed by atoms with E-state index in [1.165, 1.54) is 0 Å². The van der Waals surface area contributed by atoms with Crippen LogP contribution in [0.4, 0.5) is 24.7 Å². The third kappa shape index (κ3) is 1.10. The monoisotopic (exact) mass is 193 g/mol. The fraction of sp³-hybridized carbons (Fsp3) is 0.400. The predicted molar refractivity (Wildman–Crippen MR) is 38.4 cm³/mol. The molecular weight excluding hydrogens is 187 g/mol. The van der Waals surface area contributed by atoms with Gasteiger partial charge in [-0.15, -0.1) is 0 Å². The summed E-state index contributed by atoms with van der Waals surface area (Å²) in [5.74, 6) is 0.160. The van der Waals surface area contributed by atoms with Crippen molar-refractivity contribution >= 4 is 11.5 Å². The number of halogens is 3. The van der Waals surface area contributed by atoms with Gasteiger partial charge in [0.25, 0.3) is 0 Å². The fourth-order valence-corrected chi connectivity index (χ4v) is 1.13. The molecule has 1 aromatic heterocycles. The summed E-state index contributed by atoms with van der Waals surface area (Å²) in [5.41, 5.74) is 8.89. The van der Waals surface area contributed by atoms with Gasteiger partial charge in [0.1, 0.15) is 12.4 Å². The Labute approximate surface area is 70.7 Å². The van der Waals surface area contributed by atoms with Crippen LogP contribution in [0, 0.1) is 0 Å². The van der Waals surface area contributed by atoms with E-state index in [4.69, 9.17) is 5.73 Å². The maximum atomic E-state index is 12.2. The largest absolute Gasteiger partial charge is 0.437 e. The first-order chi connectivity index (χ1) is 6.00. The summed E-state index contributed by atoms with van der Waals surface area (Å²) < 4.78 is 37.7. The summed E-state index contributed by atoms with van der Waals surface area (Å²) in [5, 5.41) is 3.30. The quantitative estimate of drug-likeness (QED) is 0.557. The van der Waals surface area contributed by atoms with Crippen LogP contribution in [0.2, 0.25) is 0 Å². The van der Waals surface area contributed by atoms with Crippen LogP contribution in [-0.2, 0) is 12.8 Å². The lowest BCUT2D eigenvalue weighted by Crippen LogP contribution is -2.17. The smallest absolute Gasteiger partial charge is 0.394 e. The van der Waals surface area contributed by atoms with E-state index < -0.39 is 11.9 Å². The summed E-state index contributed by atoms with van der Waals surface area (Å²) in [7, 11) is 0. The number of hydrogen-bond acceptors (Lipinski definition) is 4. The molecule has 0 unspecified atom stereocenters. The van der Waals surface area contributed by atoms with Gasteiger partial charge in [-0.3, -0.25) is 0 Å². The molecule has 0 bridgehead atoms. The molecule has 1 aliphatic heterocycles. The van der Waals surface area contributed by atoms with Gasteiger partial charge >= 0.3 is 6.18 Å². The van der Waals surface area contributed by atoms with Gasteiger partial charge in [-0.2, -0.15) is 18.3 Å². The highest BCUT2D eigenvalue weighted by Crippen LogP contribution is 2.36. The predicted octanol–water partition coefficient (Wildman–Crippen LogP) is 0.372. The van der Waals surface area contributed by atoms with Gasteiger partial charge in [0, 0.05) is 0 Å². The number of alkyl halides is 3. The van der Waals surface area contributed by atoms with E-state index in [2.05, 4.69) is 16.0 Å². The van der Waals surface area contributed by atoms with E-state index >= 15 is 0 Å². The first-order valence-electron chi connectivity index (χ1n) is 3.42. The number of nitrogen functional groups attached to an aromatic ring is 1. The first-order valence-corrected chi connectivity index (χ1v) is 3.42. The number of aromatic nitrogens is 2. The number of nitrogens with one attached hydrogen (secondary N) is 2. The van der Waals surface area contributed by atoms with Gasteiger partial charge in [0.15, 0.2) is 11.5 Å². The van der Waals surface area contributed by atoms with E-state index in [-0.39, 0.29) is 18.2 Å². The van der Waals surface area contributed by atoms with Crippen LogP contribution in [0.1, 0.15) is 5.69 Å². The standard InChI is InChI=1S/C5H6F3N5/c6-5(7,8)3-2(9)4-11-10-1-13(4)12-3/h10-11H,1,9H2. The molecule has 13 heavy (non-hydrogen) atoms. The van der Waals surface area contributed by atoms with Crippen molar-refractivity contribution in [2.45, 2.75) is 12.8 Å². The second-order valence-electron chi connectivity index (χ2n) is 2.57. The Hall–Kier alpha value is -1.44. The second-order valence-corrected chi connectivity index (χ2v) is 2.57. The number of rotatable bonds is 0.